The average molecular weight is 407 g/mol. The van der Waals surface area contributed by atoms with Crippen molar-refractivity contribution in [2.75, 3.05) is 5.32 Å². The summed E-state index contributed by atoms with van der Waals surface area (Å²) < 4.78 is 1.71. The Morgan fingerprint density at radius 1 is 1.10 bits per heavy atom. The molecule has 0 aliphatic rings. The van der Waals surface area contributed by atoms with E-state index in [-0.39, 0.29) is 5.91 Å². The number of thiazole rings is 1. The molecule has 3 heterocycles. The van der Waals surface area contributed by atoms with Crippen molar-refractivity contribution < 1.29 is 4.79 Å². The summed E-state index contributed by atoms with van der Waals surface area (Å²) in [7, 11) is 0. The second-order valence-electron chi connectivity index (χ2n) is 7.07. The molecule has 0 bridgehead atoms. The lowest BCUT2D eigenvalue weighted by atomic mass is 10.1. The van der Waals surface area contributed by atoms with Crippen molar-refractivity contribution in [2.45, 2.75) is 40.5 Å². The van der Waals surface area contributed by atoms with Crippen molar-refractivity contribution in [1.82, 2.24) is 24.6 Å². The van der Waals surface area contributed by atoms with E-state index >= 15 is 0 Å². The van der Waals surface area contributed by atoms with Gasteiger partial charge in [0.05, 0.1) is 5.69 Å². The molecule has 0 spiro atoms. The van der Waals surface area contributed by atoms with Crippen LogP contribution in [0.3, 0.4) is 0 Å². The molecule has 1 N–H and O–H groups in total. The third-order valence-corrected chi connectivity index (χ3v) is 5.84. The summed E-state index contributed by atoms with van der Waals surface area (Å²) >= 11 is 1.49. The van der Waals surface area contributed by atoms with Gasteiger partial charge in [-0.25, -0.2) is 14.5 Å². The van der Waals surface area contributed by atoms with Gasteiger partial charge in [-0.1, -0.05) is 29.8 Å². The van der Waals surface area contributed by atoms with E-state index < -0.39 is 0 Å². The van der Waals surface area contributed by atoms with Gasteiger partial charge in [0.25, 0.3) is 5.78 Å². The molecule has 0 saturated carbocycles. The van der Waals surface area contributed by atoms with Crippen LogP contribution in [-0.2, 0) is 11.2 Å². The highest BCUT2D eigenvalue weighted by molar-refractivity contribution is 7.16. The molecule has 0 radical (unpaired) electrons. The number of anilines is 1. The zero-order chi connectivity index (χ0) is 20.5. The number of amides is 1. The summed E-state index contributed by atoms with van der Waals surface area (Å²) in [5, 5.41) is 7.76. The minimum Gasteiger partial charge on any atom is -0.302 e. The van der Waals surface area contributed by atoms with E-state index in [0.717, 1.165) is 33.1 Å². The minimum absolute atomic E-state index is 0.0632. The minimum atomic E-state index is -0.0632. The number of carbonyl (C=O) groups is 1. The van der Waals surface area contributed by atoms with Crippen LogP contribution in [0.2, 0.25) is 0 Å². The number of fused-ring (bicyclic) bond motifs is 1. The van der Waals surface area contributed by atoms with Crippen LogP contribution in [0.5, 0.6) is 0 Å². The summed E-state index contributed by atoms with van der Waals surface area (Å²) in [5.41, 5.74) is 6.04. The van der Waals surface area contributed by atoms with Crippen molar-refractivity contribution in [3.63, 3.8) is 0 Å². The van der Waals surface area contributed by atoms with Crippen LogP contribution >= 0.6 is 11.3 Å². The number of aromatic nitrogens is 5. The zero-order valence-corrected chi connectivity index (χ0v) is 17.7. The molecule has 0 aliphatic heterocycles. The van der Waals surface area contributed by atoms with E-state index in [1.807, 2.05) is 20.8 Å². The highest BCUT2D eigenvalue weighted by Crippen LogP contribution is 2.30. The summed E-state index contributed by atoms with van der Waals surface area (Å²) in [6, 6.07) is 8.25. The van der Waals surface area contributed by atoms with Gasteiger partial charge in [-0.15, -0.1) is 11.3 Å². The molecule has 1 aromatic carbocycles. The molecule has 29 heavy (non-hydrogen) atoms. The Balaban J connectivity index is 1.46. The number of rotatable bonds is 5. The van der Waals surface area contributed by atoms with Gasteiger partial charge in [-0.2, -0.15) is 10.1 Å². The Kier molecular flexibility index (Phi) is 5.10. The van der Waals surface area contributed by atoms with Crippen LogP contribution in [0.15, 0.2) is 30.6 Å². The van der Waals surface area contributed by atoms with E-state index in [9.17, 15) is 4.79 Å². The summed E-state index contributed by atoms with van der Waals surface area (Å²) in [6.07, 6.45) is 2.42. The van der Waals surface area contributed by atoms with Gasteiger partial charge in [0.2, 0.25) is 5.91 Å². The van der Waals surface area contributed by atoms with Crippen molar-refractivity contribution in [3.05, 3.63) is 58.0 Å². The van der Waals surface area contributed by atoms with Gasteiger partial charge in [-0.05, 0) is 39.7 Å². The summed E-state index contributed by atoms with van der Waals surface area (Å²) in [6.45, 7) is 7.99. The third kappa shape index (κ3) is 3.88. The number of hydrogen-bond acceptors (Lipinski definition) is 6. The Bertz CT molecular complexity index is 1190. The van der Waals surface area contributed by atoms with E-state index in [2.05, 4.69) is 56.6 Å². The monoisotopic (exact) mass is 406 g/mol. The van der Waals surface area contributed by atoms with Gasteiger partial charge in [0.1, 0.15) is 6.33 Å². The van der Waals surface area contributed by atoms with Gasteiger partial charge < -0.3 is 5.32 Å². The van der Waals surface area contributed by atoms with Crippen LogP contribution in [0.25, 0.3) is 17.0 Å². The van der Waals surface area contributed by atoms with Gasteiger partial charge >= 0.3 is 0 Å². The zero-order valence-electron chi connectivity index (χ0n) is 16.9. The second-order valence-corrected chi connectivity index (χ2v) is 8.27. The Morgan fingerprint density at radius 2 is 1.86 bits per heavy atom. The van der Waals surface area contributed by atoms with Crippen LogP contribution in [0.4, 0.5) is 5.13 Å². The standard InChI is InChI=1S/C21H22N6OS/c1-12-5-7-16(8-6-12)19-15(4)29-21(26-19)25-18(28)10-9-17-13(2)24-20-22-11-23-27(20)14(17)3/h5-8,11H,9-10H2,1-4H3,(H,25,26,28). The molecular formula is C21H22N6OS. The number of benzene rings is 1. The second kappa shape index (κ2) is 7.71. The number of aryl methyl sites for hydroxylation is 4. The normalized spacial score (nSPS) is 11.2. The quantitative estimate of drug-likeness (QED) is 0.540. The topological polar surface area (TPSA) is 85.1 Å². The molecule has 0 unspecified atom stereocenters. The Labute approximate surface area is 172 Å². The van der Waals surface area contributed by atoms with Crippen molar-refractivity contribution >= 4 is 28.2 Å². The molecule has 1 amide bonds. The molecule has 0 fully saturated rings. The number of nitrogens with one attached hydrogen (secondary N) is 1. The first-order valence-corrected chi connectivity index (χ1v) is 10.2. The van der Waals surface area contributed by atoms with E-state index in [1.165, 1.54) is 23.2 Å². The molecule has 7 nitrogen and oxygen atoms in total. The summed E-state index contributed by atoms with van der Waals surface area (Å²) in [4.78, 5) is 26.8. The van der Waals surface area contributed by atoms with Crippen LogP contribution in [-0.4, -0.2) is 30.5 Å². The molecule has 148 valence electrons. The predicted molar refractivity (Wildman–Crippen MR) is 114 cm³/mol. The number of hydrogen-bond donors (Lipinski definition) is 1. The van der Waals surface area contributed by atoms with E-state index in [1.54, 1.807) is 4.52 Å². The third-order valence-electron chi connectivity index (χ3n) is 4.96. The maximum absolute atomic E-state index is 12.5. The molecule has 4 rings (SSSR count). The fourth-order valence-corrected chi connectivity index (χ4v) is 4.22. The maximum Gasteiger partial charge on any atom is 0.252 e. The number of nitrogens with zero attached hydrogens (tertiary/aromatic N) is 5. The van der Waals surface area contributed by atoms with Crippen molar-refractivity contribution in [3.8, 4) is 11.3 Å². The van der Waals surface area contributed by atoms with E-state index in [0.29, 0.717) is 23.8 Å². The highest BCUT2D eigenvalue weighted by atomic mass is 32.1. The molecule has 0 atom stereocenters. The molecule has 0 saturated heterocycles. The SMILES string of the molecule is Cc1ccc(-c2nc(NC(=O)CCc3c(C)nc4ncnn4c3C)sc2C)cc1. The van der Waals surface area contributed by atoms with Gasteiger partial charge in [-0.3, -0.25) is 4.79 Å². The molecule has 3 aromatic heterocycles. The van der Waals surface area contributed by atoms with Gasteiger partial charge in [0.15, 0.2) is 5.13 Å². The van der Waals surface area contributed by atoms with Crippen LogP contribution in [0, 0.1) is 27.7 Å². The number of carbonyl (C=O) groups excluding carboxylic acids is 1. The fourth-order valence-electron chi connectivity index (χ4n) is 3.37. The average Bonchev–Trinajstić information content (AvgIpc) is 3.28. The lowest BCUT2D eigenvalue weighted by molar-refractivity contribution is -0.116. The summed E-state index contributed by atoms with van der Waals surface area (Å²) in [5.74, 6) is 0.516. The maximum atomic E-state index is 12.5. The lowest BCUT2D eigenvalue weighted by Crippen LogP contribution is -2.14. The van der Waals surface area contributed by atoms with Crippen molar-refractivity contribution in [2.24, 2.45) is 0 Å². The van der Waals surface area contributed by atoms with Crippen LogP contribution in [0.1, 0.15) is 33.8 Å². The first-order valence-electron chi connectivity index (χ1n) is 9.42. The molecule has 0 aliphatic carbocycles. The fraction of sp³-hybridized carbons (Fsp3) is 0.286. The first-order chi connectivity index (χ1) is 13.9. The van der Waals surface area contributed by atoms with Crippen molar-refractivity contribution in [1.29, 1.82) is 0 Å². The highest BCUT2D eigenvalue weighted by Gasteiger charge is 2.15. The van der Waals surface area contributed by atoms with E-state index in [4.69, 9.17) is 0 Å². The molecular weight excluding hydrogens is 384 g/mol. The first kappa shape index (κ1) is 19.2. The smallest absolute Gasteiger partial charge is 0.252 e. The predicted octanol–water partition coefficient (Wildman–Crippen LogP) is 4.05. The molecule has 8 heteroatoms. The molecule has 4 aromatic rings. The van der Waals surface area contributed by atoms with Gasteiger partial charge in [0, 0.05) is 28.2 Å². The Hall–Kier alpha value is -3.13. The Morgan fingerprint density at radius 3 is 2.62 bits per heavy atom. The van der Waals surface area contributed by atoms with Crippen LogP contribution < -0.4 is 5.32 Å². The largest absolute Gasteiger partial charge is 0.302 e. The lowest BCUT2D eigenvalue weighted by Gasteiger charge is -2.10.